The summed E-state index contributed by atoms with van der Waals surface area (Å²) in [6, 6.07) is 0. The smallest absolute Gasteiger partial charge is 0.376 e. The van der Waals surface area contributed by atoms with Crippen LogP contribution in [0.1, 0.15) is 92.9 Å². The molecule has 0 aromatic heterocycles. The quantitative estimate of drug-likeness (QED) is 0.102. The Balaban J connectivity index is 3.78. The van der Waals surface area contributed by atoms with Crippen LogP contribution < -0.4 is 0 Å². The highest BCUT2D eigenvalue weighted by molar-refractivity contribution is 7.47. The molecule has 0 saturated carbocycles. The molecule has 0 saturated heterocycles. The molecule has 0 aliphatic rings. The lowest BCUT2D eigenvalue weighted by atomic mass is 10.0. The zero-order valence-electron chi connectivity index (χ0n) is 23.4. The SMILES string of the molecule is CCCCC(CC)COC(C)COCCOP(=O)(O)OCCOCC(C)OCC(CC)CCCC. The number of rotatable bonds is 26. The monoisotopic (exact) mass is 526 g/mol. The second-order valence-corrected chi connectivity index (χ2v) is 10.9. The molecule has 0 aromatic carbocycles. The zero-order chi connectivity index (χ0) is 26.4. The molecule has 1 N–H and O–H groups in total. The Labute approximate surface area is 215 Å². The summed E-state index contributed by atoms with van der Waals surface area (Å²) in [5.74, 6) is 1.17. The van der Waals surface area contributed by atoms with Crippen molar-refractivity contribution in [3.05, 3.63) is 0 Å². The lowest BCUT2D eigenvalue weighted by Crippen LogP contribution is -2.21. The van der Waals surface area contributed by atoms with Gasteiger partial charge in [0.1, 0.15) is 0 Å². The van der Waals surface area contributed by atoms with Crippen LogP contribution in [0.15, 0.2) is 0 Å². The molecule has 4 atom stereocenters. The van der Waals surface area contributed by atoms with E-state index < -0.39 is 7.82 Å². The Morgan fingerprint density at radius 2 is 1.06 bits per heavy atom. The van der Waals surface area contributed by atoms with E-state index in [9.17, 15) is 9.46 Å². The normalized spacial score (nSPS) is 17.1. The standard InChI is InChI=1S/C26H55O8P/c1-7-11-13-25(9-3)21-31-23(5)19-29-15-17-33-35(27,28)34-18-16-30-20-24(6)32-22-26(10-4)14-12-8-2/h23-26H,7-22H2,1-6H3,(H,27,28). The van der Waals surface area contributed by atoms with Crippen LogP contribution in [-0.4, -0.2) is 70.0 Å². The third kappa shape index (κ3) is 21.7. The molecule has 4 unspecified atom stereocenters. The predicted molar refractivity (Wildman–Crippen MR) is 141 cm³/mol. The van der Waals surface area contributed by atoms with Crippen LogP contribution >= 0.6 is 7.82 Å². The highest BCUT2D eigenvalue weighted by atomic mass is 31.2. The minimum atomic E-state index is -4.12. The van der Waals surface area contributed by atoms with E-state index in [2.05, 4.69) is 27.7 Å². The Morgan fingerprint density at radius 1 is 0.657 bits per heavy atom. The molecular formula is C26H55O8P. The van der Waals surface area contributed by atoms with E-state index in [1.807, 2.05) is 13.8 Å². The van der Waals surface area contributed by atoms with Crippen molar-refractivity contribution in [2.75, 3.05) is 52.9 Å². The summed E-state index contributed by atoms with van der Waals surface area (Å²) in [5.41, 5.74) is 0. The van der Waals surface area contributed by atoms with Crippen LogP contribution in [0.4, 0.5) is 0 Å². The van der Waals surface area contributed by atoms with Gasteiger partial charge in [0.2, 0.25) is 0 Å². The third-order valence-corrected chi connectivity index (χ3v) is 7.01. The molecule has 0 aliphatic heterocycles. The van der Waals surface area contributed by atoms with Crippen molar-refractivity contribution < 1.29 is 37.5 Å². The number of phosphoric acid groups is 1. The molecule has 0 rings (SSSR count). The Morgan fingerprint density at radius 3 is 1.40 bits per heavy atom. The maximum Gasteiger partial charge on any atom is 0.472 e. The van der Waals surface area contributed by atoms with Crippen molar-refractivity contribution in [2.24, 2.45) is 11.8 Å². The number of hydrogen-bond acceptors (Lipinski definition) is 7. The molecule has 0 spiro atoms. The van der Waals surface area contributed by atoms with E-state index in [0.29, 0.717) is 25.0 Å². The molecule has 35 heavy (non-hydrogen) atoms. The van der Waals surface area contributed by atoms with Crippen LogP contribution in [0.2, 0.25) is 0 Å². The van der Waals surface area contributed by atoms with Crippen LogP contribution in [-0.2, 0) is 32.6 Å². The summed E-state index contributed by atoms with van der Waals surface area (Å²) in [7, 11) is -4.12. The predicted octanol–water partition coefficient (Wildman–Crippen LogP) is 6.40. The summed E-state index contributed by atoms with van der Waals surface area (Å²) < 4.78 is 44.6. The first-order valence-electron chi connectivity index (χ1n) is 13.8. The van der Waals surface area contributed by atoms with Gasteiger partial charge in [0, 0.05) is 13.2 Å². The van der Waals surface area contributed by atoms with Gasteiger partial charge in [0.25, 0.3) is 0 Å². The maximum absolute atomic E-state index is 12.0. The lowest BCUT2D eigenvalue weighted by molar-refractivity contribution is -0.0318. The molecule has 0 heterocycles. The van der Waals surface area contributed by atoms with Crippen LogP contribution in [0.25, 0.3) is 0 Å². The van der Waals surface area contributed by atoms with Crippen LogP contribution in [0.5, 0.6) is 0 Å². The Kier molecular flexibility index (Phi) is 23.1. The number of ether oxygens (including phenoxy) is 4. The zero-order valence-corrected chi connectivity index (χ0v) is 24.3. The lowest BCUT2D eigenvalue weighted by Gasteiger charge is -2.19. The molecule has 0 aliphatic carbocycles. The largest absolute Gasteiger partial charge is 0.472 e. The molecular weight excluding hydrogens is 471 g/mol. The Hall–Kier alpha value is -0.0500. The highest BCUT2D eigenvalue weighted by Gasteiger charge is 2.20. The number of unbranched alkanes of at least 4 members (excludes halogenated alkanes) is 2. The van der Waals surface area contributed by atoms with Gasteiger partial charge in [-0.2, -0.15) is 0 Å². The van der Waals surface area contributed by atoms with Gasteiger partial charge in [-0.1, -0.05) is 66.2 Å². The van der Waals surface area contributed by atoms with Crippen molar-refractivity contribution in [1.82, 2.24) is 0 Å². The van der Waals surface area contributed by atoms with Gasteiger partial charge in [-0.05, 0) is 38.5 Å². The summed E-state index contributed by atoms with van der Waals surface area (Å²) in [4.78, 5) is 9.77. The summed E-state index contributed by atoms with van der Waals surface area (Å²) in [6.45, 7) is 15.3. The molecule has 0 aromatic rings. The van der Waals surface area contributed by atoms with E-state index in [-0.39, 0.29) is 38.6 Å². The first-order valence-corrected chi connectivity index (χ1v) is 15.3. The van der Waals surface area contributed by atoms with Crippen LogP contribution in [0, 0.1) is 11.8 Å². The van der Waals surface area contributed by atoms with Gasteiger partial charge in [0.05, 0.1) is 51.8 Å². The molecule has 0 radical (unpaired) electrons. The van der Waals surface area contributed by atoms with Gasteiger partial charge in [-0.25, -0.2) is 4.57 Å². The molecule has 212 valence electrons. The fraction of sp³-hybridized carbons (Fsp3) is 1.00. The average Bonchev–Trinajstić information content (AvgIpc) is 2.83. The van der Waals surface area contributed by atoms with E-state index in [4.69, 9.17) is 28.0 Å². The van der Waals surface area contributed by atoms with E-state index in [1.54, 1.807) is 0 Å². The first kappa shape index (κ1) is 35.0. The van der Waals surface area contributed by atoms with Gasteiger partial charge in [0.15, 0.2) is 0 Å². The van der Waals surface area contributed by atoms with Gasteiger partial charge >= 0.3 is 7.82 Å². The second kappa shape index (κ2) is 23.1. The fourth-order valence-corrected chi connectivity index (χ4v) is 4.14. The first-order chi connectivity index (χ1) is 16.8. The van der Waals surface area contributed by atoms with E-state index in [0.717, 1.165) is 26.1 Å². The molecule has 0 bridgehead atoms. The summed E-state index contributed by atoms with van der Waals surface area (Å²) >= 11 is 0. The van der Waals surface area contributed by atoms with E-state index in [1.165, 1.54) is 38.5 Å². The second-order valence-electron chi connectivity index (χ2n) is 9.41. The van der Waals surface area contributed by atoms with Crippen molar-refractivity contribution >= 4 is 7.82 Å². The minimum absolute atomic E-state index is 0.0308. The highest BCUT2D eigenvalue weighted by Crippen LogP contribution is 2.42. The van der Waals surface area contributed by atoms with Gasteiger partial charge in [-0.15, -0.1) is 0 Å². The molecule has 8 nitrogen and oxygen atoms in total. The topological polar surface area (TPSA) is 92.7 Å². The van der Waals surface area contributed by atoms with Crippen molar-refractivity contribution in [1.29, 1.82) is 0 Å². The fourth-order valence-electron chi connectivity index (χ4n) is 3.45. The van der Waals surface area contributed by atoms with E-state index >= 15 is 0 Å². The summed E-state index contributed by atoms with van der Waals surface area (Å²) in [5, 5.41) is 0. The maximum atomic E-state index is 12.0. The summed E-state index contributed by atoms with van der Waals surface area (Å²) in [6.07, 6.45) is 9.41. The minimum Gasteiger partial charge on any atom is -0.376 e. The third-order valence-electron chi connectivity index (χ3n) is 5.99. The van der Waals surface area contributed by atoms with Crippen molar-refractivity contribution in [3.63, 3.8) is 0 Å². The molecule has 9 heteroatoms. The molecule has 0 fully saturated rings. The van der Waals surface area contributed by atoms with Crippen LogP contribution in [0.3, 0.4) is 0 Å². The number of phosphoric ester groups is 1. The number of hydrogen-bond donors (Lipinski definition) is 1. The van der Waals surface area contributed by atoms with Crippen molar-refractivity contribution in [3.8, 4) is 0 Å². The van der Waals surface area contributed by atoms with Gasteiger partial charge < -0.3 is 23.8 Å². The van der Waals surface area contributed by atoms with Crippen molar-refractivity contribution in [2.45, 2.75) is 105 Å². The van der Waals surface area contributed by atoms with Gasteiger partial charge in [-0.3, -0.25) is 9.05 Å². The average molecular weight is 527 g/mol. The molecule has 0 amide bonds. The Bertz CT molecular complexity index is 468.